The third-order valence-electron chi connectivity index (χ3n) is 4.94. The number of amides is 1. The Morgan fingerprint density at radius 3 is 2.69 bits per heavy atom. The van der Waals surface area contributed by atoms with Gasteiger partial charge < -0.3 is 14.6 Å². The molecule has 1 N–H and O–H groups in total. The number of rotatable bonds is 5. The molecule has 0 radical (unpaired) electrons. The van der Waals surface area contributed by atoms with E-state index in [0.29, 0.717) is 23.6 Å². The van der Waals surface area contributed by atoms with Crippen LogP contribution in [0.1, 0.15) is 28.9 Å². The van der Waals surface area contributed by atoms with E-state index in [-0.39, 0.29) is 17.1 Å². The third kappa shape index (κ3) is 4.17. The van der Waals surface area contributed by atoms with Crippen LogP contribution in [0.15, 0.2) is 35.4 Å². The van der Waals surface area contributed by atoms with Crippen molar-refractivity contribution < 1.29 is 22.7 Å². The molecule has 0 unspecified atom stereocenters. The Hall–Kier alpha value is -2.36. The van der Waals surface area contributed by atoms with Crippen LogP contribution in [0.4, 0.5) is 5.69 Å². The molecule has 1 atom stereocenters. The second-order valence-electron chi connectivity index (χ2n) is 6.89. The van der Waals surface area contributed by atoms with Crippen LogP contribution in [0.25, 0.3) is 0 Å². The average molecular weight is 440 g/mol. The van der Waals surface area contributed by atoms with Crippen LogP contribution in [0.3, 0.4) is 0 Å². The summed E-state index contributed by atoms with van der Waals surface area (Å²) in [6.07, 6.45) is 2.31. The van der Waals surface area contributed by atoms with Gasteiger partial charge in [-0.25, -0.2) is 13.2 Å². The maximum Gasteiger partial charge on any atom is 0.354 e. The molecule has 1 aliphatic rings. The quantitative estimate of drug-likeness (QED) is 0.722. The maximum absolute atomic E-state index is 13.2. The minimum absolute atomic E-state index is 0.0564. The first-order chi connectivity index (χ1) is 13.6. The molecule has 2 aromatic rings. The number of carbonyl (C=O) groups is 2. The van der Waals surface area contributed by atoms with Gasteiger partial charge in [-0.05, 0) is 43.5 Å². The molecule has 0 spiro atoms. The van der Waals surface area contributed by atoms with Crippen molar-refractivity contribution in [2.75, 3.05) is 19.0 Å². The molecule has 0 saturated carbocycles. The second kappa shape index (κ2) is 8.17. The molecule has 10 heteroatoms. The summed E-state index contributed by atoms with van der Waals surface area (Å²) in [5.74, 6) is -1.05. The largest absolute Gasteiger partial charge is 0.464 e. The number of esters is 1. The summed E-state index contributed by atoms with van der Waals surface area (Å²) in [4.78, 5) is 24.6. The summed E-state index contributed by atoms with van der Waals surface area (Å²) in [7, 11) is -1.19. The summed E-state index contributed by atoms with van der Waals surface area (Å²) in [5, 5.41) is 3.26. The lowest BCUT2D eigenvalue weighted by Gasteiger charge is -2.23. The first-order valence-corrected chi connectivity index (χ1v) is 10.8. The molecule has 1 fully saturated rings. The minimum Gasteiger partial charge on any atom is -0.464 e. The van der Waals surface area contributed by atoms with E-state index >= 15 is 0 Å². The van der Waals surface area contributed by atoms with Crippen molar-refractivity contribution in [1.82, 2.24) is 8.87 Å². The fourth-order valence-electron chi connectivity index (χ4n) is 3.35. The van der Waals surface area contributed by atoms with Crippen LogP contribution >= 0.6 is 11.6 Å². The number of nitrogens with zero attached hydrogens (tertiary/aromatic N) is 2. The molecule has 1 amide bonds. The Balaban J connectivity index is 1.87. The molecule has 8 nitrogen and oxygen atoms in total. The van der Waals surface area contributed by atoms with Crippen molar-refractivity contribution in [3.63, 3.8) is 0 Å². The highest BCUT2D eigenvalue weighted by Gasteiger charge is 2.40. The van der Waals surface area contributed by atoms with E-state index in [1.165, 1.54) is 28.2 Å². The lowest BCUT2D eigenvalue weighted by atomic mass is 10.1. The van der Waals surface area contributed by atoms with E-state index in [0.717, 1.165) is 5.56 Å². The predicted molar refractivity (Wildman–Crippen MR) is 108 cm³/mol. The molecule has 29 heavy (non-hydrogen) atoms. The SMILES string of the molecule is COC(=O)c1cc(S(=O)(=O)N2CCC[C@H]2C(=O)Nc2cc(Cl)ccc2C)cn1C. The van der Waals surface area contributed by atoms with Gasteiger partial charge >= 0.3 is 5.97 Å². The summed E-state index contributed by atoms with van der Waals surface area (Å²) in [5.41, 5.74) is 1.47. The first-order valence-electron chi connectivity index (χ1n) is 8.98. The molecule has 0 bridgehead atoms. The average Bonchev–Trinajstić information content (AvgIpc) is 3.31. The van der Waals surface area contributed by atoms with E-state index in [1.807, 2.05) is 6.92 Å². The molecular formula is C19H22ClN3O5S. The smallest absolute Gasteiger partial charge is 0.354 e. The van der Waals surface area contributed by atoms with Crippen LogP contribution in [-0.2, 0) is 26.6 Å². The van der Waals surface area contributed by atoms with Crippen LogP contribution in [0.2, 0.25) is 5.02 Å². The van der Waals surface area contributed by atoms with E-state index < -0.39 is 27.9 Å². The normalized spacial score (nSPS) is 17.3. The Labute approximate surface area is 174 Å². The number of ether oxygens (including phenoxy) is 1. The standard InChI is InChI=1S/C19H22ClN3O5S/c1-12-6-7-13(20)9-15(12)21-18(24)16-5-4-8-23(16)29(26,27)14-10-17(19(25)28-3)22(2)11-14/h6-7,9-11,16H,4-5,8H2,1-3H3,(H,21,24)/t16-/m0/s1. The number of carbonyl (C=O) groups excluding carboxylic acids is 2. The van der Waals surface area contributed by atoms with E-state index in [9.17, 15) is 18.0 Å². The molecule has 0 aliphatic carbocycles. The Bertz CT molecular complexity index is 1060. The molecular weight excluding hydrogens is 418 g/mol. The van der Waals surface area contributed by atoms with Gasteiger partial charge in [-0.2, -0.15) is 4.31 Å². The fraction of sp³-hybridized carbons (Fsp3) is 0.368. The van der Waals surface area contributed by atoms with Gasteiger partial charge in [0.05, 0.1) is 7.11 Å². The van der Waals surface area contributed by atoms with Crippen LogP contribution in [0, 0.1) is 6.92 Å². The molecule has 3 rings (SSSR count). The number of sulfonamides is 1. The minimum atomic E-state index is -3.97. The van der Waals surface area contributed by atoms with Crippen LogP contribution < -0.4 is 5.32 Å². The molecule has 1 aromatic heterocycles. The molecule has 1 saturated heterocycles. The van der Waals surface area contributed by atoms with E-state index in [2.05, 4.69) is 10.1 Å². The molecule has 1 aliphatic heterocycles. The maximum atomic E-state index is 13.2. The third-order valence-corrected chi connectivity index (χ3v) is 7.05. The number of nitrogens with one attached hydrogen (secondary N) is 1. The summed E-state index contributed by atoms with van der Waals surface area (Å²) in [6, 6.07) is 5.53. The highest BCUT2D eigenvalue weighted by atomic mass is 35.5. The van der Waals surface area contributed by atoms with Crippen LogP contribution in [0.5, 0.6) is 0 Å². The number of benzene rings is 1. The predicted octanol–water partition coefficient (Wildman–Crippen LogP) is 2.57. The zero-order chi connectivity index (χ0) is 21.3. The molecule has 156 valence electrons. The number of hydrogen-bond acceptors (Lipinski definition) is 5. The van der Waals surface area contributed by atoms with Gasteiger partial charge in [-0.15, -0.1) is 0 Å². The summed E-state index contributed by atoms with van der Waals surface area (Å²) in [6.45, 7) is 2.05. The highest BCUT2D eigenvalue weighted by molar-refractivity contribution is 7.89. The van der Waals surface area contributed by atoms with E-state index in [4.69, 9.17) is 11.6 Å². The van der Waals surface area contributed by atoms with Gasteiger partial charge in [0.15, 0.2) is 0 Å². The second-order valence-corrected chi connectivity index (χ2v) is 9.21. The van der Waals surface area contributed by atoms with Gasteiger partial charge in [-0.3, -0.25) is 4.79 Å². The van der Waals surface area contributed by atoms with Gasteiger partial charge in [-0.1, -0.05) is 17.7 Å². The fourth-order valence-corrected chi connectivity index (χ4v) is 5.25. The van der Waals surface area contributed by atoms with Crippen molar-refractivity contribution in [1.29, 1.82) is 0 Å². The molecule has 2 heterocycles. The number of anilines is 1. The first kappa shape index (κ1) is 21.4. The van der Waals surface area contributed by atoms with E-state index in [1.54, 1.807) is 25.2 Å². The van der Waals surface area contributed by atoms with Crippen molar-refractivity contribution in [3.8, 4) is 0 Å². The van der Waals surface area contributed by atoms with Crippen molar-refractivity contribution in [2.45, 2.75) is 30.7 Å². The summed E-state index contributed by atoms with van der Waals surface area (Å²) >= 11 is 6.00. The Morgan fingerprint density at radius 1 is 1.28 bits per heavy atom. The van der Waals surface area contributed by atoms with Crippen molar-refractivity contribution in [3.05, 3.63) is 46.7 Å². The van der Waals surface area contributed by atoms with Crippen molar-refractivity contribution >= 4 is 39.2 Å². The number of halogens is 1. The topological polar surface area (TPSA) is 97.7 Å². The lowest BCUT2D eigenvalue weighted by Crippen LogP contribution is -2.43. The van der Waals surface area contributed by atoms with Gasteiger partial charge in [0.1, 0.15) is 16.6 Å². The number of aryl methyl sites for hydroxylation is 2. The van der Waals surface area contributed by atoms with Crippen molar-refractivity contribution in [2.24, 2.45) is 7.05 Å². The Morgan fingerprint density at radius 2 is 2.00 bits per heavy atom. The molecule has 1 aromatic carbocycles. The monoisotopic (exact) mass is 439 g/mol. The number of hydrogen-bond donors (Lipinski definition) is 1. The van der Waals surface area contributed by atoms with Gasteiger partial charge in [0, 0.05) is 30.5 Å². The highest BCUT2D eigenvalue weighted by Crippen LogP contribution is 2.29. The van der Waals surface area contributed by atoms with Crippen LogP contribution in [-0.4, -0.2) is 48.9 Å². The summed E-state index contributed by atoms with van der Waals surface area (Å²) < 4.78 is 33.6. The lowest BCUT2D eigenvalue weighted by molar-refractivity contribution is -0.119. The number of aromatic nitrogens is 1. The van der Waals surface area contributed by atoms with Gasteiger partial charge in [0.25, 0.3) is 0 Å². The zero-order valence-electron chi connectivity index (χ0n) is 16.3. The number of methoxy groups -OCH3 is 1. The zero-order valence-corrected chi connectivity index (χ0v) is 17.9. The van der Waals surface area contributed by atoms with Gasteiger partial charge in [0.2, 0.25) is 15.9 Å². The Kier molecular flexibility index (Phi) is 6.02.